The first kappa shape index (κ1) is 16.3. The lowest BCUT2D eigenvalue weighted by Crippen LogP contribution is -2.27. The van der Waals surface area contributed by atoms with Gasteiger partial charge in [-0.25, -0.2) is 0 Å². The fourth-order valence-corrected chi connectivity index (χ4v) is 3.81. The molecule has 0 radical (unpaired) electrons. The van der Waals surface area contributed by atoms with Gasteiger partial charge in [0.2, 0.25) is 0 Å². The van der Waals surface area contributed by atoms with Crippen LogP contribution in [0.4, 0.5) is 5.69 Å². The second-order valence-electron chi connectivity index (χ2n) is 6.14. The first-order chi connectivity index (χ1) is 12.2. The van der Waals surface area contributed by atoms with Crippen molar-refractivity contribution in [2.24, 2.45) is 0 Å². The third-order valence-electron chi connectivity index (χ3n) is 4.40. The molecule has 0 heterocycles. The van der Waals surface area contributed by atoms with Gasteiger partial charge in [0.15, 0.2) is 5.11 Å². The van der Waals surface area contributed by atoms with E-state index >= 15 is 0 Å². The summed E-state index contributed by atoms with van der Waals surface area (Å²) in [4.78, 5) is 0. The molecule has 0 bridgehead atoms. The van der Waals surface area contributed by atoms with Gasteiger partial charge in [0.1, 0.15) is 0 Å². The van der Waals surface area contributed by atoms with Crippen LogP contribution in [0.15, 0.2) is 71.2 Å². The summed E-state index contributed by atoms with van der Waals surface area (Å²) < 4.78 is 1.13. The van der Waals surface area contributed by atoms with Crippen molar-refractivity contribution in [3.05, 3.63) is 87.9 Å². The molecule has 1 aliphatic carbocycles. The van der Waals surface area contributed by atoms with Gasteiger partial charge in [-0.2, -0.15) is 0 Å². The molecule has 0 aliphatic heterocycles. The summed E-state index contributed by atoms with van der Waals surface area (Å²) in [6, 6.07) is 23.2. The van der Waals surface area contributed by atoms with Crippen LogP contribution in [0.25, 0.3) is 11.1 Å². The molecule has 1 aliphatic rings. The van der Waals surface area contributed by atoms with E-state index in [4.69, 9.17) is 12.2 Å². The zero-order valence-corrected chi connectivity index (χ0v) is 16.0. The van der Waals surface area contributed by atoms with Crippen LogP contribution < -0.4 is 10.6 Å². The molecular formula is C21H17BrN2S. The number of rotatable bonds is 3. The summed E-state index contributed by atoms with van der Waals surface area (Å²) in [7, 11) is 0. The molecule has 3 aromatic rings. The van der Waals surface area contributed by atoms with Crippen molar-refractivity contribution in [2.45, 2.75) is 13.0 Å². The van der Waals surface area contributed by atoms with E-state index in [0.29, 0.717) is 5.11 Å². The van der Waals surface area contributed by atoms with Gasteiger partial charge in [0.05, 0.1) is 0 Å². The number of thiocarbonyl (C=S) groups is 1. The highest BCUT2D eigenvalue weighted by molar-refractivity contribution is 9.10. The molecule has 0 fully saturated rings. The predicted molar refractivity (Wildman–Crippen MR) is 112 cm³/mol. The van der Waals surface area contributed by atoms with Crippen LogP contribution in [0.2, 0.25) is 0 Å². The number of benzene rings is 3. The minimum Gasteiger partial charge on any atom is -0.358 e. The quantitative estimate of drug-likeness (QED) is 0.437. The van der Waals surface area contributed by atoms with E-state index < -0.39 is 0 Å². The van der Waals surface area contributed by atoms with E-state index in [1.807, 2.05) is 18.2 Å². The highest BCUT2D eigenvalue weighted by atomic mass is 79.9. The molecule has 25 heavy (non-hydrogen) atoms. The highest BCUT2D eigenvalue weighted by Crippen LogP contribution is 2.38. The molecular weight excluding hydrogens is 392 g/mol. The summed E-state index contributed by atoms with van der Waals surface area (Å²) in [5.74, 6) is 0. The predicted octanol–water partition coefficient (Wildman–Crippen LogP) is 5.51. The van der Waals surface area contributed by atoms with E-state index in [2.05, 4.69) is 75.1 Å². The number of hydrogen-bond donors (Lipinski definition) is 2. The topological polar surface area (TPSA) is 24.1 Å². The van der Waals surface area contributed by atoms with Crippen molar-refractivity contribution in [1.29, 1.82) is 0 Å². The van der Waals surface area contributed by atoms with Crippen molar-refractivity contribution in [2.75, 3.05) is 5.32 Å². The molecule has 0 atom stereocenters. The molecule has 0 saturated heterocycles. The van der Waals surface area contributed by atoms with E-state index in [-0.39, 0.29) is 0 Å². The standard InChI is InChI=1S/C21H17BrN2S/c22-17-6-8-19-15(11-17)10-16-12-18(7-9-20(16)19)24-21(25)23-13-14-4-2-1-3-5-14/h1-9,11-12H,10,13H2,(H2,23,24,25). The third kappa shape index (κ3) is 3.60. The smallest absolute Gasteiger partial charge is 0.171 e. The average molecular weight is 409 g/mol. The molecule has 0 amide bonds. The molecule has 3 aromatic carbocycles. The Morgan fingerprint density at radius 3 is 2.44 bits per heavy atom. The van der Waals surface area contributed by atoms with Gasteiger partial charge < -0.3 is 10.6 Å². The van der Waals surface area contributed by atoms with Gasteiger partial charge in [-0.1, -0.05) is 58.4 Å². The fourth-order valence-electron chi connectivity index (χ4n) is 3.21. The van der Waals surface area contributed by atoms with Crippen LogP contribution in [0.5, 0.6) is 0 Å². The lowest BCUT2D eigenvalue weighted by atomic mass is 10.1. The van der Waals surface area contributed by atoms with Gasteiger partial charge in [0, 0.05) is 16.7 Å². The normalized spacial score (nSPS) is 11.6. The van der Waals surface area contributed by atoms with Gasteiger partial charge >= 0.3 is 0 Å². The van der Waals surface area contributed by atoms with Crippen molar-refractivity contribution >= 4 is 38.9 Å². The van der Waals surface area contributed by atoms with E-state index in [1.54, 1.807) is 0 Å². The molecule has 0 unspecified atom stereocenters. The van der Waals surface area contributed by atoms with Crippen LogP contribution in [-0.4, -0.2) is 5.11 Å². The van der Waals surface area contributed by atoms with E-state index in [0.717, 1.165) is 23.1 Å². The highest BCUT2D eigenvalue weighted by Gasteiger charge is 2.18. The van der Waals surface area contributed by atoms with Crippen LogP contribution in [0, 0.1) is 0 Å². The summed E-state index contributed by atoms with van der Waals surface area (Å²) in [6.45, 7) is 0.719. The van der Waals surface area contributed by atoms with E-state index in [9.17, 15) is 0 Å². The Kier molecular flexibility index (Phi) is 4.55. The Balaban J connectivity index is 1.44. The van der Waals surface area contributed by atoms with Crippen LogP contribution >= 0.6 is 28.1 Å². The molecule has 4 rings (SSSR count). The third-order valence-corrected chi connectivity index (χ3v) is 5.14. The fraction of sp³-hybridized carbons (Fsp3) is 0.0952. The number of fused-ring (bicyclic) bond motifs is 3. The molecule has 0 saturated carbocycles. The maximum atomic E-state index is 5.42. The minimum atomic E-state index is 0.641. The van der Waals surface area contributed by atoms with Crippen LogP contribution in [0.1, 0.15) is 16.7 Å². The molecule has 124 valence electrons. The summed E-state index contributed by atoms with van der Waals surface area (Å²) in [6.07, 6.45) is 0.962. The first-order valence-electron chi connectivity index (χ1n) is 8.19. The maximum Gasteiger partial charge on any atom is 0.171 e. The molecule has 4 heteroatoms. The SMILES string of the molecule is S=C(NCc1ccccc1)Nc1ccc2c(c1)Cc1cc(Br)ccc1-2. The Labute approximate surface area is 161 Å². The zero-order valence-electron chi connectivity index (χ0n) is 13.6. The number of nitrogens with one attached hydrogen (secondary N) is 2. The minimum absolute atomic E-state index is 0.641. The van der Waals surface area contributed by atoms with Crippen molar-refractivity contribution < 1.29 is 0 Å². The van der Waals surface area contributed by atoms with Gasteiger partial charge in [-0.3, -0.25) is 0 Å². The Morgan fingerprint density at radius 2 is 1.64 bits per heavy atom. The largest absolute Gasteiger partial charge is 0.358 e. The Morgan fingerprint density at radius 1 is 0.920 bits per heavy atom. The lowest BCUT2D eigenvalue weighted by Gasteiger charge is -2.12. The van der Waals surface area contributed by atoms with Crippen LogP contribution in [0.3, 0.4) is 0 Å². The monoisotopic (exact) mass is 408 g/mol. The summed E-state index contributed by atoms with van der Waals surface area (Å²) in [5.41, 5.74) is 7.58. The van der Waals surface area contributed by atoms with E-state index in [1.165, 1.54) is 27.8 Å². The second kappa shape index (κ2) is 6.98. The first-order valence-corrected chi connectivity index (χ1v) is 9.40. The average Bonchev–Trinajstić information content (AvgIpc) is 2.97. The van der Waals surface area contributed by atoms with Gasteiger partial charge in [0.25, 0.3) is 0 Å². The van der Waals surface area contributed by atoms with Crippen LogP contribution in [-0.2, 0) is 13.0 Å². The van der Waals surface area contributed by atoms with Crippen molar-refractivity contribution in [1.82, 2.24) is 5.32 Å². The lowest BCUT2D eigenvalue weighted by molar-refractivity contribution is 0.926. The zero-order chi connectivity index (χ0) is 17.2. The number of hydrogen-bond acceptors (Lipinski definition) is 1. The van der Waals surface area contributed by atoms with Gasteiger partial charge in [-0.05, 0) is 70.7 Å². The Bertz CT molecular complexity index is 938. The second-order valence-corrected chi connectivity index (χ2v) is 7.47. The maximum absolute atomic E-state index is 5.42. The summed E-state index contributed by atoms with van der Waals surface area (Å²) in [5, 5.41) is 7.19. The Hall–Kier alpha value is -2.17. The number of anilines is 1. The van der Waals surface area contributed by atoms with Crippen molar-refractivity contribution in [3.8, 4) is 11.1 Å². The molecule has 2 N–H and O–H groups in total. The molecule has 0 aromatic heterocycles. The summed E-state index contributed by atoms with van der Waals surface area (Å²) >= 11 is 8.98. The molecule has 0 spiro atoms. The number of halogens is 1. The van der Waals surface area contributed by atoms with Gasteiger partial charge in [-0.15, -0.1) is 0 Å². The molecule has 2 nitrogen and oxygen atoms in total. The van der Waals surface area contributed by atoms with Crippen molar-refractivity contribution in [3.63, 3.8) is 0 Å².